The summed E-state index contributed by atoms with van der Waals surface area (Å²) in [5.74, 6) is 2.44. The summed E-state index contributed by atoms with van der Waals surface area (Å²) >= 11 is 0. The summed E-state index contributed by atoms with van der Waals surface area (Å²) in [5.41, 5.74) is 2.51. The van der Waals surface area contributed by atoms with E-state index in [-0.39, 0.29) is 21.1 Å². The number of hydrogen-bond acceptors (Lipinski definition) is 6. The van der Waals surface area contributed by atoms with E-state index in [4.69, 9.17) is 9.47 Å². The summed E-state index contributed by atoms with van der Waals surface area (Å²) in [6, 6.07) is 25.4. The number of aromatic nitrogens is 5. The van der Waals surface area contributed by atoms with E-state index in [1.165, 1.54) is 0 Å². The van der Waals surface area contributed by atoms with Crippen LogP contribution in [0.5, 0.6) is 23.3 Å². The monoisotopic (exact) mass is 626 g/mol. The molecule has 0 radical (unpaired) electrons. The van der Waals surface area contributed by atoms with Gasteiger partial charge in [-0.3, -0.25) is 9.50 Å². The van der Waals surface area contributed by atoms with Crippen molar-refractivity contribution in [1.82, 2.24) is 24.6 Å². The molecule has 0 atom stereocenters. The minimum Gasteiger partial charge on any atom is -0.477 e. The quantitative estimate of drug-likeness (QED) is 0.187. The first-order valence-electron chi connectivity index (χ1n) is 10.4. The normalized spacial score (nSPS) is 11.0. The van der Waals surface area contributed by atoms with Crippen molar-refractivity contribution in [1.29, 1.82) is 0 Å². The topological polar surface area (TPSA) is 74.4 Å². The molecule has 0 N–H and O–H groups in total. The van der Waals surface area contributed by atoms with Crippen LogP contribution >= 0.6 is 0 Å². The number of ether oxygens (including phenoxy) is 2. The minimum absolute atomic E-state index is 0. The zero-order valence-electron chi connectivity index (χ0n) is 18.2. The van der Waals surface area contributed by atoms with Crippen LogP contribution in [0.25, 0.3) is 27.3 Å². The molecule has 4 heterocycles. The Kier molecular flexibility index (Phi) is 5.72. The minimum atomic E-state index is 0. The van der Waals surface area contributed by atoms with Gasteiger partial charge in [0.2, 0.25) is 5.88 Å². The molecule has 2 aromatic carbocycles. The van der Waals surface area contributed by atoms with Gasteiger partial charge in [0, 0.05) is 29.3 Å². The summed E-state index contributed by atoms with van der Waals surface area (Å²) in [7, 11) is 0. The second kappa shape index (κ2) is 8.84. The fraction of sp³-hybridized carbons (Fsp3) is 0.0769. The third kappa shape index (κ3) is 3.88. The first-order chi connectivity index (χ1) is 16.2. The van der Waals surface area contributed by atoms with Crippen LogP contribution in [0.15, 0.2) is 66.9 Å². The molecule has 4 aromatic heterocycles. The van der Waals surface area contributed by atoms with Crippen molar-refractivity contribution in [3.63, 3.8) is 0 Å². The molecule has 6 aromatic rings. The van der Waals surface area contributed by atoms with Gasteiger partial charge in [-0.15, -0.1) is 23.6 Å². The van der Waals surface area contributed by atoms with Gasteiger partial charge in [-0.2, -0.15) is 11.2 Å². The van der Waals surface area contributed by atoms with Crippen molar-refractivity contribution in [2.24, 2.45) is 0 Å². The van der Waals surface area contributed by atoms with Crippen LogP contribution in [0, 0.1) is 26.0 Å². The molecule has 0 aliphatic heterocycles. The van der Waals surface area contributed by atoms with Crippen LogP contribution in [-0.4, -0.2) is 24.6 Å². The van der Waals surface area contributed by atoms with Crippen LogP contribution in [-0.2, 0) is 21.1 Å². The summed E-state index contributed by atoms with van der Waals surface area (Å²) in [6.07, 6.45) is 1.67. The zero-order chi connectivity index (χ0) is 22.4. The zero-order valence-corrected chi connectivity index (χ0v) is 20.5. The van der Waals surface area contributed by atoms with Crippen LogP contribution < -0.4 is 9.47 Å². The molecule has 0 bridgehead atoms. The number of rotatable bonds is 4. The predicted octanol–water partition coefficient (Wildman–Crippen LogP) is 5.63. The Morgan fingerprint density at radius 2 is 1.62 bits per heavy atom. The van der Waals surface area contributed by atoms with E-state index >= 15 is 0 Å². The summed E-state index contributed by atoms with van der Waals surface area (Å²) in [5, 5.41) is 7.40. The maximum absolute atomic E-state index is 6.03. The molecule has 0 fully saturated rings. The average Bonchev–Trinajstić information content (AvgIpc) is 3.22. The molecule has 0 saturated heterocycles. The third-order valence-electron chi connectivity index (χ3n) is 5.25. The molecule has 0 aliphatic carbocycles. The summed E-state index contributed by atoms with van der Waals surface area (Å²) in [6.45, 7) is 3.83. The molecule has 0 amide bonds. The number of fused-ring (bicyclic) bond motifs is 6. The smallest absolute Gasteiger partial charge is 0.477 e. The first kappa shape index (κ1) is 22.0. The first-order valence-corrected chi connectivity index (χ1v) is 10.4. The number of benzene rings is 2. The van der Waals surface area contributed by atoms with Gasteiger partial charge < -0.3 is 9.47 Å². The molecule has 8 heteroatoms. The van der Waals surface area contributed by atoms with E-state index in [0.29, 0.717) is 34.7 Å². The molecule has 34 heavy (non-hydrogen) atoms. The predicted molar refractivity (Wildman–Crippen MR) is 124 cm³/mol. The molecule has 0 saturated carbocycles. The standard InChI is InChI=1S/C26H17N5O2.Pt/c1-16-25-20-10-3-4-11-22(20)31-26(29-17(2)30-31)21(25)15-24(28-16)33-19-9-7-8-18(14-19)32-23-12-5-6-13-27-23;/h3-13H,1-2H3;/q-2;+2. The third-order valence-corrected chi connectivity index (χ3v) is 5.25. The Bertz CT molecular complexity index is 1650. The van der Waals surface area contributed by atoms with Gasteiger partial charge in [0.1, 0.15) is 5.82 Å². The van der Waals surface area contributed by atoms with Crippen LogP contribution in [0.2, 0.25) is 0 Å². The van der Waals surface area contributed by atoms with E-state index < -0.39 is 0 Å². The molecule has 0 aliphatic rings. The second-order valence-corrected chi connectivity index (χ2v) is 7.54. The molecular weight excluding hydrogens is 609 g/mol. The Hall–Kier alpha value is -3.83. The number of aryl methyl sites for hydroxylation is 2. The Labute approximate surface area is 209 Å². The van der Waals surface area contributed by atoms with Gasteiger partial charge in [0.15, 0.2) is 5.88 Å². The Balaban J connectivity index is 0.00000241. The fourth-order valence-electron chi connectivity index (χ4n) is 3.92. The Morgan fingerprint density at radius 3 is 2.44 bits per heavy atom. The van der Waals surface area contributed by atoms with Crippen LogP contribution in [0.3, 0.4) is 0 Å². The summed E-state index contributed by atoms with van der Waals surface area (Å²) < 4.78 is 13.6. The van der Waals surface area contributed by atoms with Gasteiger partial charge >= 0.3 is 21.1 Å². The fourth-order valence-corrected chi connectivity index (χ4v) is 3.92. The SMILES string of the molecule is Cc1nc2c3[c-]c(Oc4[c-]c(Oc5ccccn5)ccc4)nc(C)c3c3ccccc3n2n1.[Pt+2]. The van der Waals surface area contributed by atoms with Crippen molar-refractivity contribution >= 4 is 27.3 Å². The van der Waals surface area contributed by atoms with Crippen molar-refractivity contribution in [2.75, 3.05) is 0 Å². The van der Waals surface area contributed by atoms with Gasteiger partial charge in [0.05, 0.1) is 5.65 Å². The van der Waals surface area contributed by atoms with Gasteiger partial charge in [0.25, 0.3) is 0 Å². The van der Waals surface area contributed by atoms with Gasteiger partial charge in [-0.05, 0) is 37.1 Å². The van der Waals surface area contributed by atoms with Crippen LogP contribution in [0.4, 0.5) is 0 Å². The van der Waals surface area contributed by atoms with Crippen molar-refractivity contribution in [3.8, 4) is 23.3 Å². The van der Waals surface area contributed by atoms with E-state index in [2.05, 4.69) is 38.2 Å². The molecule has 168 valence electrons. The molecule has 7 nitrogen and oxygen atoms in total. The number of nitrogens with zero attached hydrogens (tertiary/aromatic N) is 5. The molecular formula is C26H17N5O2Pt. The van der Waals surface area contributed by atoms with Gasteiger partial charge in [-0.1, -0.05) is 35.7 Å². The van der Waals surface area contributed by atoms with Crippen molar-refractivity contribution in [2.45, 2.75) is 13.8 Å². The molecule has 6 rings (SSSR count). The van der Waals surface area contributed by atoms with E-state index in [9.17, 15) is 0 Å². The van der Waals surface area contributed by atoms with Gasteiger partial charge in [-0.25, -0.2) is 9.97 Å². The second-order valence-electron chi connectivity index (χ2n) is 7.54. The molecule has 0 unspecified atom stereocenters. The molecule has 0 spiro atoms. The largest absolute Gasteiger partial charge is 2.00 e. The number of para-hydroxylation sites is 1. The van der Waals surface area contributed by atoms with E-state index in [1.54, 1.807) is 24.4 Å². The van der Waals surface area contributed by atoms with E-state index in [0.717, 1.165) is 27.4 Å². The number of pyridine rings is 3. The average molecular weight is 627 g/mol. The number of hydrogen-bond donors (Lipinski definition) is 0. The van der Waals surface area contributed by atoms with E-state index in [1.807, 2.05) is 54.8 Å². The maximum atomic E-state index is 6.03. The maximum Gasteiger partial charge on any atom is 2.00 e. The van der Waals surface area contributed by atoms with Crippen molar-refractivity contribution in [3.05, 3.63) is 90.5 Å². The van der Waals surface area contributed by atoms with Crippen LogP contribution in [0.1, 0.15) is 11.5 Å². The van der Waals surface area contributed by atoms with Crippen molar-refractivity contribution < 1.29 is 30.5 Å². The Morgan fingerprint density at radius 1 is 0.824 bits per heavy atom. The summed E-state index contributed by atoms with van der Waals surface area (Å²) in [4.78, 5) is 13.5.